The van der Waals surface area contributed by atoms with Gasteiger partial charge in [0, 0.05) is 42.6 Å². The lowest BCUT2D eigenvalue weighted by Gasteiger charge is -2.47. The smallest absolute Gasteiger partial charge is 0.226 e. The summed E-state index contributed by atoms with van der Waals surface area (Å²) in [7, 11) is 0. The molecule has 0 spiro atoms. The number of aromatic hydroxyl groups is 1. The largest absolute Gasteiger partial charge is 0.494 e. The molecule has 7 heteroatoms. The van der Waals surface area contributed by atoms with Gasteiger partial charge in [0.2, 0.25) is 11.8 Å². The number of hydrogen-bond acceptors (Lipinski definition) is 6. The lowest BCUT2D eigenvalue weighted by molar-refractivity contribution is 0.122. The molecule has 2 fully saturated rings. The van der Waals surface area contributed by atoms with Gasteiger partial charge in [-0.2, -0.15) is 0 Å². The van der Waals surface area contributed by atoms with Crippen molar-refractivity contribution >= 4 is 16.9 Å². The summed E-state index contributed by atoms with van der Waals surface area (Å²) >= 11 is 0. The summed E-state index contributed by atoms with van der Waals surface area (Å²) in [5, 5.41) is 15.2. The fourth-order valence-electron chi connectivity index (χ4n) is 4.65. The van der Waals surface area contributed by atoms with Crippen molar-refractivity contribution < 1.29 is 9.84 Å². The normalized spacial score (nSPS) is 23.5. The van der Waals surface area contributed by atoms with E-state index in [0.29, 0.717) is 19.2 Å². The monoisotopic (exact) mass is 359 g/mol. The quantitative estimate of drug-likeness (QED) is 0.858. The molecule has 2 saturated heterocycles. The molecule has 2 aromatic rings. The number of anilines is 1. The average molecular weight is 359 g/mol. The second-order valence-electron chi connectivity index (χ2n) is 8.88. The molecule has 2 N–H and O–H groups in total. The minimum atomic E-state index is 0.0138. The van der Waals surface area contributed by atoms with E-state index in [1.54, 1.807) is 6.20 Å². The summed E-state index contributed by atoms with van der Waals surface area (Å²) in [4.78, 5) is 11.3. The van der Waals surface area contributed by atoms with Gasteiger partial charge >= 0.3 is 0 Å². The molecule has 0 unspecified atom stereocenters. The zero-order chi connectivity index (χ0) is 18.5. The van der Waals surface area contributed by atoms with Crippen LogP contribution in [0.2, 0.25) is 0 Å². The van der Waals surface area contributed by atoms with Gasteiger partial charge in [0.15, 0.2) is 0 Å². The minimum absolute atomic E-state index is 0.0138. The molecule has 0 aliphatic carbocycles. The van der Waals surface area contributed by atoms with E-state index in [0.717, 1.165) is 36.8 Å². The Morgan fingerprint density at radius 2 is 1.81 bits per heavy atom. The van der Waals surface area contributed by atoms with Crippen molar-refractivity contribution in [1.82, 2.24) is 19.9 Å². The van der Waals surface area contributed by atoms with Gasteiger partial charge in [-0.25, -0.2) is 9.97 Å². The molecule has 4 heterocycles. The first kappa shape index (κ1) is 17.5. The zero-order valence-corrected chi connectivity index (χ0v) is 16.1. The van der Waals surface area contributed by atoms with Crippen LogP contribution in [-0.4, -0.2) is 57.0 Å². The van der Waals surface area contributed by atoms with Crippen LogP contribution in [0.15, 0.2) is 12.4 Å². The first-order valence-electron chi connectivity index (χ1n) is 9.43. The SMILES string of the molecule is CC1(C)CC(n2cc3nc(N4CCOCC4)ncc3c2O)CC(C)(C)N1. The Balaban J connectivity index is 1.68. The fourth-order valence-corrected chi connectivity index (χ4v) is 4.65. The molecule has 142 valence electrons. The maximum absolute atomic E-state index is 10.8. The fraction of sp³-hybridized carbons (Fsp3) is 0.684. The molecular formula is C19H29N5O2. The molecule has 2 aliphatic heterocycles. The van der Waals surface area contributed by atoms with Crippen molar-refractivity contribution in [2.75, 3.05) is 31.2 Å². The minimum Gasteiger partial charge on any atom is -0.494 e. The van der Waals surface area contributed by atoms with E-state index in [-0.39, 0.29) is 23.0 Å². The molecule has 0 aromatic carbocycles. The zero-order valence-electron chi connectivity index (χ0n) is 16.1. The van der Waals surface area contributed by atoms with Gasteiger partial charge in [-0.15, -0.1) is 0 Å². The number of hydrogen-bond donors (Lipinski definition) is 2. The van der Waals surface area contributed by atoms with Crippen LogP contribution in [0.1, 0.15) is 46.6 Å². The third kappa shape index (κ3) is 3.25. The van der Waals surface area contributed by atoms with Crippen molar-refractivity contribution in [3.63, 3.8) is 0 Å². The third-order valence-corrected chi connectivity index (χ3v) is 5.41. The molecule has 0 amide bonds. The summed E-state index contributed by atoms with van der Waals surface area (Å²) in [6.07, 6.45) is 5.64. The Labute approximate surface area is 154 Å². The maximum atomic E-state index is 10.8. The lowest BCUT2D eigenvalue weighted by Crippen LogP contribution is -2.57. The van der Waals surface area contributed by atoms with Crippen LogP contribution < -0.4 is 10.2 Å². The number of nitrogens with zero attached hydrogens (tertiary/aromatic N) is 4. The molecule has 0 saturated carbocycles. The Morgan fingerprint density at radius 1 is 1.15 bits per heavy atom. The van der Waals surface area contributed by atoms with Crippen LogP contribution in [0.3, 0.4) is 0 Å². The van der Waals surface area contributed by atoms with Crippen LogP contribution in [0.4, 0.5) is 5.95 Å². The molecule has 2 aliphatic rings. The molecule has 7 nitrogen and oxygen atoms in total. The van der Waals surface area contributed by atoms with Crippen LogP contribution >= 0.6 is 0 Å². The number of fused-ring (bicyclic) bond motifs is 1. The Morgan fingerprint density at radius 3 is 2.46 bits per heavy atom. The first-order valence-corrected chi connectivity index (χ1v) is 9.43. The third-order valence-electron chi connectivity index (χ3n) is 5.41. The summed E-state index contributed by atoms with van der Waals surface area (Å²) in [6.45, 7) is 11.9. The van der Waals surface area contributed by atoms with E-state index >= 15 is 0 Å². The highest BCUT2D eigenvalue weighted by molar-refractivity contribution is 5.84. The summed E-state index contributed by atoms with van der Waals surface area (Å²) in [5.74, 6) is 0.982. The second kappa shape index (κ2) is 6.09. The van der Waals surface area contributed by atoms with Crippen molar-refractivity contribution in [3.8, 4) is 5.88 Å². The van der Waals surface area contributed by atoms with Gasteiger partial charge in [0.1, 0.15) is 0 Å². The van der Waals surface area contributed by atoms with E-state index in [1.807, 2.05) is 10.8 Å². The standard InChI is InChI=1S/C19H29N5O2/c1-18(2)9-13(10-19(3,4)22-18)24-12-15-14(16(24)25)11-20-17(21-15)23-5-7-26-8-6-23/h11-13,22,25H,5-10H2,1-4H3. The van der Waals surface area contributed by atoms with Crippen LogP contribution in [0.5, 0.6) is 5.88 Å². The Bertz CT molecular complexity index is 792. The topological polar surface area (TPSA) is 75.4 Å². The molecule has 0 atom stereocenters. The van der Waals surface area contributed by atoms with Crippen molar-refractivity contribution in [2.45, 2.75) is 57.7 Å². The highest BCUT2D eigenvalue weighted by atomic mass is 16.5. The number of morpholine rings is 1. The number of ether oxygens (including phenoxy) is 1. The van der Waals surface area contributed by atoms with Crippen molar-refractivity contribution in [2.24, 2.45) is 0 Å². The van der Waals surface area contributed by atoms with Gasteiger partial charge in [-0.05, 0) is 40.5 Å². The highest BCUT2D eigenvalue weighted by Crippen LogP contribution is 2.40. The van der Waals surface area contributed by atoms with Crippen molar-refractivity contribution in [3.05, 3.63) is 12.4 Å². The number of aromatic nitrogens is 3. The number of rotatable bonds is 2. The lowest BCUT2D eigenvalue weighted by atomic mass is 9.79. The molecule has 26 heavy (non-hydrogen) atoms. The Hall–Kier alpha value is -1.86. The molecule has 0 bridgehead atoms. The average Bonchev–Trinajstić information content (AvgIpc) is 2.89. The van der Waals surface area contributed by atoms with E-state index in [9.17, 15) is 5.11 Å². The summed E-state index contributed by atoms with van der Waals surface area (Å²) in [6, 6.07) is 0.224. The highest BCUT2D eigenvalue weighted by Gasteiger charge is 2.39. The van der Waals surface area contributed by atoms with E-state index in [2.05, 4.69) is 42.9 Å². The van der Waals surface area contributed by atoms with E-state index in [1.165, 1.54) is 0 Å². The Kier molecular flexibility index (Phi) is 4.11. The van der Waals surface area contributed by atoms with E-state index in [4.69, 9.17) is 9.72 Å². The van der Waals surface area contributed by atoms with Crippen LogP contribution in [-0.2, 0) is 4.74 Å². The molecule has 4 rings (SSSR count). The molecule has 0 radical (unpaired) electrons. The molecule has 2 aromatic heterocycles. The summed E-state index contributed by atoms with van der Waals surface area (Å²) < 4.78 is 7.40. The second-order valence-corrected chi connectivity index (χ2v) is 8.88. The number of nitrogens with one attached hydrogen (secondary N) is 1. The van der Waals surface area contributed by atoms with Crippen molar-refractivity contribution in [1.29, 1.82) is 0 Å². The first-order chi connectivity index (χ1) is 12.2. The predicted molar refractivity (Wildman–Crippen MR) is 102 cm³/mol. The van der Waals surface area contributed by atoms with Crippen LogP contribution in [0, 0.1) is 0 Å². The predicted octanol–water partition coefficient (Wildman–Crippen LogP) is 2.46. The molecular weight excluding hydrogens is 330 g/mol. The van der Waals surface area contributed by atoms with Gasteiger partial charge in [0.05, 0.1) is 24.1 Å². The maximum Gasteiger partial charge on any atom is 0.226 e. The van der Waals surface area contributed by atoms with Crippen LogP contribution in [0.25, 0.3) is 10.9 Å². The number of piperidine rings is 1. The van der Waals surface area contributed by atoms with Gasteiger partial charge in [0.25, 0.3) is 0 Å². The van der Waals surface area contributed by atoms with E-state index < -0.39 is 0 Å². The van der Waals surface area contributed by atoms with Gasteiger partial charge < -0.3 is 24.6 Å². The van der Waals surface area contributed by atoms with Gasteiger partial charge in [-0.3, -0.25) is 0 Å². The summed E-state index contributed by atoms with van der Waals surface area (Å²) in [5.41, 5.74) is 0.827. The van der Waals surface area contributed by atoms with Gasteiger partial charge in [-0.1, -0.05) is 0 Å².